The molecule has 1 fully saturated rings. The maximum atomic E-state index is 13.1. The van der Waals surface area contributed by atoms with Gasteiger partial charge in [0.05, 0.1) is 18.4 Å². The van der Waals surface area contributed by atoms with Gasteiger partial charge in [-0.25, -0.2) is 28.2 Å². The Balaban J connectivity index is 1.63. The normalized spacial score (nSPS) is 21.2. The molecule has 0 aromatic carbocycles. The zero-order valence-corrected chi connectivity index (χ0v) is 18.3. The minimum Gasteiger partial charge on any atom is -0.598 e. The summed E-state index contributed by atoms with van der Waals surface area (Å²) in [7, 11) is 2.06. The van der Waals surface area contributed by atoms with E-state index < -0.39 is 17.8 Å². The zero-order valence-electron chi connectivity index (χ0n) is 17.4. The first-order valence-corrected chi connectivity index (χ1v) is 11.4. The number of rotatable bonds is 6. The molecular weight excluding hydrogens is 426 g/mol. The van der Waals surface area contributed by atoms with Crippen LogP contribution in [0.1, 0.15) is 19.0 Å². The average molecular weight is 451 g/mol. The van der Waals surface area contributed by atoms with Crippen molar-refractivity contribution in [3.8, 4) is 11.4 Å². The summed E-state index contributed by atoms with van der Waals surface area (Å²) in [5.41, 5.74) is 1.21. The Kier molecular flexibility index (Phi) is 6.32. The van der Waals surface area contributed by atoms with Crippen LogP contribution in [-0.2, 0) is 11.4 Å². The van der Waals surface area contributed by atoms with Gasteiger partial charge in [-0.2, -0.15) is 5.10 Å². The maximum Gasteiger partial charge on any atom is 0.282 e. The standard InChI is InChI=1S/C19H24F2N8OS/c1-12-9-28(10-13(27(12)2)7-25-31(3)30)18-6-15(23-11-24-18)16-8-22-17-5-4-14(19(20)21)26-29(16)17/h4-6,8,11-13,19,25H,7,9-10H2,1-3H3. The molecule has 4 heterocycles. The monoisotopic (exact) mass is 450 g/mol. The molecule has 1 aliphatic rings. The third-order valence-corrected chi connectivity index (χ3v) is 6.13. The molecule has 0 radical (unpaired) electrons. The van der Waals surface area contributed by atoms with Crippen molar-refractivity contribution in [2.45, 2.75) is 25.4 Å². The van der Waals surface area contributed by atoms with Gasteiger partial charge in [-0.3, -0.25) is 4.90 Å². The van der Waals surface area contributed by atoms with Gasteiger partial charge in [0.1, 0.15) is 29.8 Å². The third-order valence-electron chi connectivity index (χ3n) is 5.55. The second-order valence-electron chi connectivity index (χ2n) is 7.61. The van der Waals surface area contributed by atoms with Crippen LogP contribution in [0, 0.1) is 0 Å². The molecule has 166 valence electrons. The van der Waals surface area contributed by atoms with Gasteiger partial charge in [0.2, 0.25) is 0 Å². The smallest absolute Gasteiger partial charge is 0.282 e. The van der Waals surface area contributed by atoms with Crippen LogP contribution in [0.4, 0.5) is 14.6 Å². The molecule has 31 heavy (non-hydrogen) atoms. The van der Waals surface area contributed by atoms with E-state index in [1.54, 1.807) is 12.5 Å². The first kappa shape index (κ1) is 21.8. The van der Waals surface area contributed by atoms with Crippen molar-refractivity contribution in [2.24, 2.45) is 0 Å². The average Bonchev–Trinajstić information content (AvgIpc) is 3.18. The number of nitrogens with zero attached hydrogens (tertiary/aromatic N) is 7. The Morgan fingerprint density at radius 2 is 2.06 bits per heavy atom. The second-order valence-corrected chi connectivity index (χ2v) is 8.81. The van der Waals surface area contributed by atoms with Crippen LogP contribution in [0.3, 0.4) is 0 Å². The number of aromatic nitrogens is 5. The van der Waals surface area contributed by atoms with Crippen molar-refractivity contribution in [1.29, 1.82) is 0 Å². The molecule has 9 nitrogen and oxygen atoms in total. The van der Waals surface area contributed by atoms with Gasteiger partial charge in [0.25, 0.3) is 6.43 Å². The highest BCUT2D eigenvalue weighted by Crippen LogP contribution is 2.25. The number of anilines is 1. The van der Waals surface area contributed by atoms with Gasteiger partial charge in [-0.05, 0) is 26.1 Å². The van der Waals surface area contributed by atoms with Crippen LogP contribution in [0.15, 0.2) is 30.7 Å². The number of alkyl halides is 2. The maximum absolute atomic E-state index is 13.1. The molecule has 3 aromatic heterocycles. The molecule has 3 atom stereocenters. The summed E-state index contributed by atoms with van der Waals surface area (Å²) < 4.78 is 42.0. The van der Waals surface area contributed by atoms with Crippen LogP contribution < -0.4 is 9.62 Å². The fourth-order valence-corrected chi connectivity index (χ4v) is 4.14. The molecule has 0 aliphatic carbocycles. The molecule has 3 aromatic rings. The van der Waals surface area contributed by atoms with E-state index in [4.69, 9.17) is 0 Å². The lowest BCUT2D eigenvalue weighted by Crippen LogP contribution is -2.59. The molecule has 1 aliphatic heterocycles. The summed E-state index contributed by atoms with van der Waals surface area (Å²) in [5.74, 6) is 0.729. The van der Waals surface area contributed by atoms with Crippen LogP contribution in [0.5, 0.6) is 0 Å². The Labute approximate surface area is 181 Å². The molecule has 0 saturated carbocycles. The fourth-order valence-electron chi connectivity index (χ4n) is 3.71. The number of fused-ring (bicyclic) bond motifs is 1. The summed E-state index contributed by atoms with van der Waals surface area (Å²) in [6, 6.07) is 5.01. The number of hydrogen-bond donors (Lipinski definition) is 1. The van der Waals surface area contributed by atoms with Crippen LogP contribution in [0.25, 0.3) is 17.0 Å². The van der Waals surface area contributed by atoms with E-state index in [0.29, 0.717) is 30.1 Å². The van der Waals surface area contributed by atoms with Crippen molar-refractivity contribution < 1.29 is 13.3 Å². The van der Waals surface area contributed by atoms with Crippen molar-refractivity contribution in [2.75, 3.05) is 37.8 Å². The van der Waals surface area contributed by atoms with E-state index in [9.17, 15) is 13.3 Å². The third kappa shape index (κ3) is 4.61. The first-order chi connectivity index (χ1) is 14.8. The number of halogens is 2. The second kappa shape index (κ2) is 8.99. The molecule has 0 bridgehead atoms. The summed E-state index contributed by atoms with van der Waals surface area (Å²) >= 11 is -1.08. The molecule has 1 N–H and O–H groups in total. The van der Waals surface area contributed by atoms with Gasteiger partial charge in [0, 0.05) is 42.6 Å². The first-order valence-electron chi connectivity index (χ1n) is 9.82. The largest absolute Gasteiger partial charge is 0.598 e. The number of hydrogen-bond acceptors (Lipinski definition) is 8. The van der Waals surface area contributed by atoms with E-state index in [0.717, 1.165) is 12.4 Å². The SMILES string of the molecule is CC1CN(c2cc(-c3cnc4ccc(C(F)F)nn34)ncn2)CC(CN[S+](C)[O-])N1C. The molecule has 12 heteroatoms. The molecule has 1 saturated heterocycles. The van der Waals surface area contributed by atoms with E-state index in [1.807, 2.05) is 6.07 Å². The Morgan fingerprint density at radius 1 is 1.26 bits per heavy atom. The lowest BCUT2D eigenvalue weighted by molar-refractivity contribution is 0.144. The Morgan fingerprint density at radius 3 is 2.81 bits per heavy atom. The minimum atomic E-state index is -2.67. The zero-order chi connectivity index (χ0) is 22.1. The van der Waals surface area contributed by atoms with Crippen molar-refractivity contribution in [1.82, 2.24) is 34.2 Å². The van der Waals surface area contributed by atoms with E-state index in [2.05, 4.69) is 48.5 Å². The Hall–Kier alpha value is -2.41. The summed E-state index contributed by atoms with van der Waals surface area (Å²) in [6.07, 6.45) is 1.97. The number of piperazine rings is 1. The van der Waals surface area contributed by atoms with Gasteiger partial charge in [-0.15, -0.1) is 4.72 Å². The number of nitrogens with one attached hydrogen (secondary N) is 1. The Bertz CT molecular complexity index is 1050. The van der Waals surface area contributed by atoms with Crippen molar-refractivity contribution in [3.05, 3.63) is 36.4 Å². The lowest BCUT2D eigenvalue weighted by atomic mass is 10.1. The summed E-state index contributed by atoms with van der Waals surface area (Å²) in [5, 5.41) is 4.01. The molecule has 0 amide bonds. The molecule has 3 unspecified atom stereocenters. The summed E-state index contributed by atoms with van der Waals surface area (Å²) in [4.78, 5) is 17.4. The van der Waals surface area contributed by atoms with E-state index >= 15 is 0 Å². The van der Waals surface area contributed by atoms with Gasteiger partial charge < -0.3 is 9.45 Å². The van der Waals surface area contributed by atoms with E-state index in [-0.39, 0.29) is 17.8 Å². The lowest BCUT2D eigenvalue weighted by Gasteiger charge is -2.44. The molecule has 0 spiro atoms. The predicted octanol–water partition coefficient (Wildman–Crippen LogP) is 1.52. The highest BCUT2D eigenvalue weighted by atomic mass is 32.2. The van der Waals surface area contributed by atoms with Crippen molar-refractivity contribution >= 4 is 22.8 Å². The molecular formula is C19H24F2N8OS. The topological polar surface area (TPSA) is 97.5 Å². The van der Waals surface area contributed by atoms with Crippen LogP contribution >= 0.6 is 0 Å². The van der Waals surface area contributed by atoms with Crippen LogP contribution in [0.2, 0.25) is 0 Å². The molecule has 4 rings (SSSR count). The quantitative estimate of drug-likeness (QED) is 0.565. The minimum absolute atomic E-state index is 0.150. The van der Waals surface area contributed by atoms with Gasteiger partial charge in [0.15, 0.2) is 5.65 Å². The van der Waals surface area contributed by atoms with Crippen LogP contribution in [-0.4, -0.2) is 79.0 Å². The highest BCUT2D eigenvalue weighted by Gasteiger charge is 2.31. The summed E-state index contributed by atoms with van der Waals surface area (Å²) in [6.45, 7) is 4.18. The highest BCUT2D eigenvalue weighted by molar-refractivity contribution is 7.88. The van der Waals surface area contributed by atoms with Gasteiger partial charge in [-0.1, -0.05) is 0 Å². The van der Waals surface area contributed by atoms with Gasteiger partial charge >= 0.3 is 0 Å². The number of imidazole rings is 1. The number of likely N-dealkylation sites (N-methyl/N-ethyl adjacent to an activating group) is 1. The van der Waals surface area contributed by atoms with E-state index in [1.165, 1.54) is 23.0 Å². The predicted molar refractivity (Wildman–Crippen MR) is 114 cm³/mol. The fraction of sp³-hybridized carbons (Fsp3) is 0.474. The van der Waals surface area contributed by atoms with Crippen molar-refractivity contribution in [3.63, 3.8) is 0 Å².